The first-order chi connectivity index (χ1) is 15.0. The summed E-state index contributed by atoms with van der Waals surface area (Å²) in [7, 11) is 0. The molecule has 174 valence electrons. The molecule has 1 amide bonds. The van der Waals surface area contributed by atoms with Crippen LogP contribution >= 0.6 is 34.5 Å². The molecule has 2 atom stereocenters. The maximum atomic E-state index is 12.9. The van der Waals surface area contributed by atoms with Gasteiger partial charge in [-0.05, 0) is 68.2 Å². The van der Waals surface area contributed by atoms with Crippen molar-refractivity contribution in [1.82, 2.24) is 0 Å². The maximum Gasteiger partial charge on any atom is 0.341 e. The molecule has 1 aromatic heterocycles. The molecule has 5 nitrogen and oxygen atoms in total. The van der Waals surface area contributed by atoms with E-state index in [2.05, 4.69) is 26.1 Å². The average Bonchev–Trinajstić information content (AvgIpc) is 3.06. The quantitative estimate of drug-likeness (QED) is 0.446. The number of halogens is 2. The predicted octanol–water partition coefficient (Wildman–Crippen LogP) is 6.79. The molecule has 0 aliphatic heterocycles. The van der Waals surface area contributed by atoms with Crippen LogP contribution in [0.25, 0.3) is 0 Å². The second kappa shape index (κ2) is 10.0. The van der Waals surface area contributed by atoms with Gasteiger partial charge in [-0.3, -0.25) is 4.79 Å². The lowest BCUT2D eigenvalue weighted by molar-refractivity contribution is -0.122. The zero-order valence-corrected chi connectivity index (χ0v) is 21.3. The highest BCUT2D eigenvalue weighted by Crippen LogP contribution is 2.44. The van der Waals surface area contributed by atoms with Crippen LogP contribution < -0.4 is 10.1 Å². The average molecular weight is 498 g/mol. The van der Waals surface area contributed by atoms with E-state index in [1.807, 2.05) is 0 Å². The molecule has 32 heavy (non-hydrogen) atoms. The third-order valence-corrected chi connectivity index (χ3v) is 7.47. The fourth-order valence-corrected chi connectivity index (χ4v) is 5.63. The Kier molecular flexibility index (Phi) is 7.79. The minimum atomic E-state index is -0.829. The minimum absolute atomic E-state index is 0.176. The molecule has 1 heterocycles. The van der Waals surface area contributed by atoms with Crippen molar-refractivity contribution in [2.24, 2.45) is 11.3 Å². The number of hydrogen-bond acceptors (Lipinski definition) is 5. The van der Waals surface area contributed by atoms with E-state index in [1.54, 1.807) is 32.0 Å². The molecule has 1 N–H and O–H groups in total. The molecular formula is C24H29Cl2NO4S. The number of anilines is 1. The summed E-state index contributed by atoms with van der Waals surface area (Å²) in [5, 5.41) is 4.22. The Labute approximate surface area is 203 Å². The lowest BCUT2D eigenvalue weighted by Crippen LogP contribution is -2.30. The minimum Gasteiger partial charge on any atom is -0.479 e. The molecule has 3 rings (SSSR count). The van der Waals surface area contributed by atoms with Crippen molar-refractivity contribution in [3.05, 3.63) is 44.2 Å². The van der Waals surface area contributed by atoms with Crippen LogP contribution in [-0.4, -0.2) is 24.6 Å². The van der Waals surface area contributed by atoms with Crippen LogP contribution in [-0.2, 0) is 22.4 Å². The van der Waals surface area contributed by atoms with Crippen LogP contribution in [0.1, 0.15) is 61.8 Å². The highest BCUT2D eigenvalue weighted by Gasteiger charge is 2.35. The lowest BCUT2D eigenvalue weighted by Gasteiger charge is -2.33. The van der Waals surface area contributed by atoms with Crippen molar-refractivity contribution in [3.63, 3.8) is 0 Å². The van der Waals surface area contributed by atoms with E-state index in [1.165, 1.54) is 11.3 Å². The molecule has 2 aromatic rings. The highest BCUT2D eigenvalue weighted by molar-refractivity contribution is 7.17. The first-order valence-electron chi connectivity index (χ1n) is 10.8. The zero-order valence-electron chi connectivity index (χ0n) is 19.0. The van der Waals surface area contributed by atoms with E-state index in [4.69, 9.17) is 32.7 Å². The van der Waals surface area contributed by atoms with Crippen molar-refractivity contribution in [2.75, 3.05) is 11.9 Å². The summed E-state index contributed by atoms with van der Waals surface area (Å²) >= 11 is 13.5. The monoisotopic (exact) mass is 497 g/mol. The first kappa shape index (κ1) is 24.9. The summed E-state index contributed by atoms with van der Waals surface area (Å²) in [6.45, 7) is 10.4. The van der Waals surface area contributed by atoms with Gasteiger partial charge in [-0.2, -0.15) is 0 Å². The second-order valence-electron chi connectivity index (χ2n) is 9.06. The van der Waals surface area contributed by atoms with Crippen LogP contribution in [0.5, 0.6) is 5.75 Å². The number of esters is 1. The summed E-state index contributed by atoms with van der Waals surface area (Å²) in [4.78, 5) is 26.8. The fourth-order valence-electron chi connectivity index (χ4n) is 3.86. The normalized spacial score (nSPS) is 16.8. The number of ether oxygens (including phenoxy) is 2. The molecule has 0 radical (unpaired) electrons. The van der Waals surface area contributed by atoms with E-state index < -0.39 is 12.1 Å². The third-order valence-electron chi connectivity index (χ3n) is 5.77. The SMILES string of the molecule is CCOC(=O)c1c(NC(=O)[C@H](C)Oc2ccc(Cl)cc2Cl)sc2c1CC[C@@H](C(C)(C)C)C2. The van der Waals surface area contributed by atoms with Gasteiger partial charge in [-0.15, -0.1) is 11.3 Å². The van der Waals surface area contributed by atoms with Crippen molar-refractivity contribution >= 4 is 51.4 Å². The van der Waals surface area contributed by atoms with Crippen LogP contribution in [0.4, 0.5) is 5.00 Å². The molecule has 0 saturated heterocycles. The highest BCUT2D eigenvalue weighted by atomic mass is 35.5. The number of thiophene rings is 1. The molecule has 0 saturated carbocycles. The molecule has 0 fully saturated rings. The Morgan fingerprint density at radius 2 is 2.00 bits per heavy atom. The van der Waals surface area contributed by atoms with Gasteiger partial charge in [0.15, 0.2) is 6.10 Å². The van der Waals surface area contributed by atoms with Gasteiger partial charge in [0.1, 0.15) is 10.8 Å². The Morgan fingerprint density at radius 1 is 1.28 bits per heavy atom. The van der Waals surface area contributed by atoms with Gasteiger partial charge in [-0.1, -0.05) is 44.0 Å². The van der Waals surface area contributed by atoms with Gasteiger partial charge in [-0.25, -0.2) is 4.79 Å². The summed E-state index contributed by atoms with van der Waals surface area (Å²) < 4.78 is 11.0. The van der Waals surface area contributed by atoms with Gasteiger partial charge in [0, 0.05) is 9.90 Å². The molecule has 0 bridgehead atoms. The molecule has 1 aliphatic carbocycles. The zero-order chi connectivity index (χ0) is 23.6. The van der Waals surface area contributed by atoms with Crippen LogP contribution in [0.15, 0.2) is 18.2 Å². The van der Waals surface area contributed by atoms with E-state index in [9.17, 15) is 9.59 Å². The van der Waals surface area contributed by atoms with Crippen molar-refractivity contribution in [1.29, 1.82) is 0 Å². The predicted molar refractivity (Wildman–Crippen MR) is 130 cm³/mol. The molecule has 0 spiro atoms. The number of rotatable bonds is 6. The number of hydrogen-bond donors (Lipinski definition) is 1. The van der Waals surface area contributed by atoms with Crippen molar-refractivity contribution in [2.45, 2.75) is 60.0 Å². The van der Waals surface area contributed by atoms with Gasteiger partial charge >= 0.3 is 5.97 Å². The largest absolute Gasteiger partial charge is 0.479 e. The molecule has 0 unspecified atom stereocenters. The fraction of sp³-hybridized carbons (Fsp3) is 0.500. The van der Waals surface area contributed by atoms with Gasteiger partial charge in [0.25, 0.3) is 5.91 Å². The summed E-state index contributed by atoms with van der Waals surface area (Å²) in [5.74, 6) is 0.112. The van der Waals surface area contributed by atoms with E-state index in [0.29, 0.717) is 32.3 Å². The van der Waals surface area contributed by atoms with Crippen LogP contribution in [0.2, 0.25) is 10.0 Å². The van der Waals surface area contributed by atoms with Gasteiger partial charge in [0.2, 0.25) is 0 Å². The van der Waals surface area contributed by atoms with Gasteiger partial charge in [0.05, 0.1) is 17.2 Å². The number of benzene rings is 1. The van der Waals surface area contributed by atoms with Gasteiger partial charge < -0.3 is 14.8 Å². The van der Waals surface area contributed by atoms with E-state index in [-0.39, 0.29) is 17.9 Å². The Balaban J connectivity index is 1.84. The molecular weight excluding hydrogens is 469 g/mol. The Morgan fingerprint density at radius 3 is 2.62 bits per heavy atom. The summed E-state index contributed by atoms with van der Waals surface area (Å²) in [6, 6.07) is 4.82. The number of carbonyl (C=O) groups is 2. The number of carbonyl (C=O) groups excluding carboxylic acids is 2. The molecule has 8 heteroatoms. The van der Waals surface area contributed by atoms with E-state index >= 15 is 0 Å². The second-order valence-corrected chi connectivity index (χ2v) is 11.0. The van der Waals surface area contributed by atoms with Crippen LogP contribution in [0.3, 0.4) is 0 Å². The number of fused-ring (bicyclic) bond motifs is 1. The smallest absolute Gasteiger partial charge is 0.341 e. The number of amides is 1. The van der Waals surface area contributed by atoms with Crippen molar-refractivity contribution in [3.8, 4) is 5.75 Å². The maximum absolute atomic E-state index is 12.9. The van der Waals surface area contributed by atoms with Crippen LogP contribution in [0, 0.1) is 11.3 Å². The van der Waals surface area contributed by atoms with E-state index in [0.717, 1.165) is 29.7 Å². The Bertz CT molecular complexity index is 1010. The Hall–Kier alpha value is -1.76. The summed E-state index contributed by atoms with van der Waals surface area (Å²) in [5.41, 5.74) is 1.65. The standard InChI is InChI=1S/C24H29Cl2NO4S/c1-6-30-23(29)20-16-9-7-14(24(3,4)5)11-19(16)32-22(20)27-21(28)13(2)31-18-10-8-15(25)12-17(18)26/h8,10,12-14H,6-7,9,11H2,1-5H3,(H,27,28)/t13-,14+/m0/s1. The molecule has 1 aliphatic rings. The number of nitrogens with one attached hydrogen (secondary N) is 1. The topological polar surface area (TPSA) is 64.6 Å². The van der Waals surface area contributed by atoms with Crippen molar-refractivity contribution < 1.29 is 19.1 Å². The molecule has 1 aromatic carbocycles. The lowest BCUT2D eigenvalue weighted by atomic mass is 9.72. The third kappa shape index (κ3) is 5.59. The first-order valence-corrected chi connectivity index (χ1v) is 12.3. The summed E-state index contributed by atoms with van der Waals surface area (Å²) in [6.07, 6.45) is 1.86.